The average molecular weight is 406 g/mol. The summed E-state index contributed by atoms with van der Waals surface area (Å²) >= 11 is 0. The van der Waals surface area contributed by atoms with Gasteiger partial charge in [-0.1, -0.05) is 0 Å². The Balaban J connectivity index is 1.50. The first kappa shape index (κ1) is 20.9. The van der Waals surface area contributed by atoms with Crippen molar-refractivity contribution in [2.75, 3.05) is 47.0 Å². The Kier molecular flexibility index (Phi) is 6.87. The van der Waals surface area contributed by atoms with Gasteiger partial charge in [-0.2, -0.15) is 0 Å². The van der Waals surface area contributed by atoms with E-state index in [0.29, 0.717) is 32.7 Å². The van der Waals surface area contributed by atoms with E-state index in [-0.39, 0.29) is 18.3 Å². The molecule has 6 nitrogen and oxygen atoms in total. The van der Waals surface area contributed by atoms with Gasteiger partial charge in [-0.05, 0) is 30.3 Å². The number of methoxy groups -OCH3 is 2. The number of nitrogens with zero attached hydrogens (tertiary/aromatic N) is 2. The van der Waals surface area contributed by atoms with E-state index in [9.17, 15) is 13.6 Å². The summed E-state index contributed by atoms with van der Waals surface area (Å²) in [7, 11) is 3.25. The Hall–Kier alpha value is -2.87. The van der Waals surface area contributed by atoms with Crippen molar-refractivity contribution in [1.29, 1.82) is 0 Å². The zero-order chi connectivity index (χ0) is 20.8. The molecule has 1 aliphatic heterocycles. The predicted molar refractivity (Wildman–Crippen MR) is 103 cm³/mol. The van der Waals surface area contributed by atoms with E-state index in [1.807, 2.05) is 18.2 Å². The molecule has 1 saturated heterocycles. The minimum Gasteiger partial charge on any atom is -0.497 e. The lowest BCUT2D eigenvalue weighted by atomic mass is 10.1. The van der Waals surface area contributed by atoms with Gasteiger partial charge in [0.2, 0.25) is 0 Å². The van der Waals surface area contributed by atoms with E-state index in [4.69, 9.17) is 14.2 Å². The van der Waals surface area contributed by atoms with E-state index in [1.165, 1.54) is 6.07 Å². The third kappa shape index (κ3) is 5.35. The number of hydrogen-bond donors (Lipinski definition) is 0. The van der Waals surface area contributed by atoms with Gasteiger partial charge in [0, 0.05) is 44.4 Å². The quantitative estimate of drug-likeness (QED) is 0.708. The summed E-state index contributed by atoms with van der Waals surface area (Å²) < 4.78 is 42.4. The van der Waals surface area contributed by atoms with Gasteiger partial charge in [0.05, 0.1) is 14.2 Å². The molecule has 0 saturated carbocycles. The maximum atomic E-state index is 13.6. The highest BCUT2D eigenvalue weighted by Crippen LogP contribution is 2.25. The van der Waals surface area contributed by atoms with Crippen LogP contribution in [0.3, 0.4) is 0 Å². The normalized spacial score (nSPS) is 14.6. The third-order valence-corrected chi connectivity index (χ3v) is 4.85. The summed E-state index contributed by atoms with van der Waals surface area (Å²) in [5, 5.41) is 0. The zero-order valence-electron chi connectivity index (χ0n) is 16.5. The third-order valence-electron chi connectivity index (χ3n) is 4.85. The van der Waals surface area contributed by atoms with Gasteiger partial charge in [0.25, 0.3) is 5.91 Å². The van der Waals surface area contributed by atoms with Crippen LogP contribution >= 0.6 is 0 Å². The fourth-order valence-corrected chi connectivity index (χ4v) is 3.22. The van der Waals surface area contributed by atoms with Crippen molar-refractivity contribution >= 4 is 5.91 Å². The molecular weight excluding hydrogens is 382 g/mol. The van der Waals surface area contributed by atoms with Crippen molar-refractivity contribution in [2.45, 2.75) is 6.54 Å². The van der Waals surface area contributed by atoms with Crippen molar-refractivity contribution in [3.63, 3.8) is 0 Å². The molecule has 0 aliphatic carbocycles. The van der Waals surface area contributed by atoms with E-state index in [1.54, 1.807) is 19.1 Å². The second kappa shape index (κ2) is 9.56. The number of ether oxygens (including phenoxy) is 3. The highest BCUT2D eigenvalue weighted by atomic mass is 19.1. The molecule has 0 aromatic heterocycles. The van der Waals surface area contributed by atoms with Crippen LogP contribution in [0.4, 0.5) is 8.78 Å². The Morgan fingerprint density at radius 1 is 0.966 bits per heavy atom. The van der Waals surface area contributed by atoms with E-state index >= 15 is 0 Å². The van der Waals surface area contributed by atoms with Crippen LogP contribution in [0.15, 0.2) is 36.4 Å². The maximum absolute atomic E-state index is 13.6. The van der Waals surface area contributed by atoms with E-state index in [2.05, 4.69) is 4.90 Å². The summed E-state index contributed by atoms with van der Waals surface area (Å²) in [5.74, 6) is -0.325. The number of amides is 1. The molecule has 29 heavy (non-hydrogen) atoms. The van der Waals surface area contributed by atoms with Gasteiger partial charge < -0.3 is 19.1 Å². The largest absolute Gasteiger partial charge is 0.497 e. The zero-order valence-corrected chi connectivity index (χ0v) is 16.5. The number of carbonyl (C=O) groups excluding carboxylic acids is 1. The molecule has 1 heterocycles. The van der Waals surface area contributed by atoms with Crippen LogP contribution in [0.5, 0.6) is 17.2 Å². The summed E-state index contributed by atoms with van der Waals surface area (Å²) in [6, 6.07) is 8.67. The molecule has 2 aromatic carbocycles. The highest BCUT2D eigenvalue weighted by molar-refractivity contribution is 5.77. The molecule has 8 heteroatoms. The van der Waals surface area contributed by atoms with Crippen molar-refractivity contribution in [2.24, 2.45) is 0 Å². The number of piperazine rings is 1. The number of benzene rings is 2. The Morgan fingerprint density at radius 2 is 1.69 bits per heavy atom. The molecule has 3 rings (SSSR count). The van der Waals surface area contributed by atoms with Crippen LogP contribution < -0.4 is 14.2 Å². The van der Waals surface area contributed by atoms with Crippen molar-refractivity contribution in [3.05, 3.63) is 53.6 Å². The van der Waals surface area contributed by atoms with Gasteiger partial charge in [0.1, 0.15) is 17.3 Å². The number of carbonyl (C=O) groups is 1. The Morgan fingerprint density at radius 3 is 2.34 bits per heavy atom. The van der Waals surface area contributed by atoms with Crippen LogP contribution in [0.1, 0.15) is 5.56 Å². The highest BCUT2D eigenvalue weighted by Gasteiger charge is 2.22. The molecule has 2 aromatic rings. The summed E-state index contributed by atoms with van der Waals surface area (Å²) in [5.41, 5.74) is 1.02. The van der Waals surface area contributed by atoms with E-state index < -0.39 is 11.6 Å². The molecule has 0 radical (unpaired) electrons. The van der Waals surface area contributed by atoms with Crippen LogP contribution in [0, 0.1) is 11.6 Å². The van der Waals surface area contributed by atoms with Crippen LogP contribution in [0.25, 0.3) is 0 Å². The summed E-state index contributed by atoms with van der Waals surface area (Å²) in [6.07, 6.45) is 0. The van der Waals surface area contributed by atoms with Gasteiger partial charge in [0.15, 0.2) is 18.2 Å². The fraction of sp³-hybridized carbons (Fsp3) is 0.381. The monoisotopic (exact) mass is 406 g/mol. The van der Waals surface area contributed by atoms with Crippen molar-refractivity contribution in [3.8, 4) is 17.2 Å². The van der Waals surface area contributed by atoms with E-state index in [0.717, 1.165) is 29.2 Å². The van der Waals surface area contributed by atoms with Crippen molar-refractivity contribution < 1.29 is 27.8 Å². The summed E-state index contributed by atoms with van der Waals surface area (Å²) in [4.78, 5) is 16.3. The van der Waals surface area contributed by atoms with Crippen LogP contribution in [-0.4, -0.2) is 62.7 Å². The average Bonchev–Trinajstić information content (AvgIpc) is 2.73. The lowest BCUT2D eigenvalue weighted by molar-refractivity contribution is -0.135. The molecule has 156 valence electrons. The number of rotatable bonds is 7. The first-order valence-electron chi connectivity index (χ1n) is 9.29. The Bertz CT molecular complexity index is 855. The smallest absolute Gasteiger partial charge is 0.260 e. The maximum Gasteiger partial charge on any atom is 0.260 e. The molecule has 0 N–H and O–H groups in total. The molecule has 0 bridgehead atoms. The number of hydrogen-bond acceptors (Lipinski definition) is 5. The van der Waals surface area contributed by atoms with Gasteiger partial charge in [-0.25, -0.2) is 8.78 Å². The summed E-state index contributed by atoms with van der Waals surface area (Å²) in [6.45, 7) is 2.86. The lowest BCUT2D eigenvalue weighted by Crippen LogP contribution is -2.49. The second-order valence-electron chi connectivity index (χ2n) is 6.70. The van der Waals surface area contributed by atoms with Crippen molar-refractivity contribution in [1.82, 2.24) is 9.80 Å². The minimum absolute atomic E-state index is 0.136. The Labute approximate surface area is 168 Å². The fourth-order valence-electron chi connectivity index (χ4n) is 3.22. The first-order valence-corrected chi connectivity index (χ1v) is 9.29. The number of halogens is 2. The SMILES string of the molecule is COc1ccc(OC)c(CN2CCN(C(=O)COc3ccc(F)cc3F)CC2)c1. The van der Waals surface area contributed by atoms with Gasteiger partial charge in [-0.3, -0.25) is 9.69 Å². The molecular formula is C21H24F2N2O4. The van der Waals surface area contributed by atoms with Gasteiger partial charge in [-0.15, -0.1) is 0 Å². The standard InChI is InChI=1S/C21H24F2N2O4/c1-27-17-4-6-19(28-2)15(11-17)13-24-7-9-25(10-8-24)21(26)14-29-20-5-3-16(22)12-18(20)23/h3-6,11-12H,7-10,13-14H2,1-2H3. The molecule has 0 atom stereocenters. The molecule has 0 unspecified atom stereocenters. The second-order valence-corrected chi connectivity index (χ2v) is 6.70. The van der Waals surface area contributed by atoms with Gasteiger partial charge >= 0.3 is 0 Å². The molecule has 1 aliphatic rings. The predicted octanol–water partition coefficient (Wildman–Crippen LogP) is 2.71. The molecule has 1 amide bonds. The molecule has 1 fully saturated rings. The van der Waals surface area contributed by atoms with Crippen LogP contribution in [-0.2, 0) is 11.3 Å². The molecule has 0 spiro atoms. The minimum atomic E-state index is -0.824. The first-order chi connectivity index (χ1) is 14.0. The lowest BCUT2D eigenvalue weighted by Gasteiger charge is -2.35. The van der Waals surface area contributed by atoms with Crippen LogP contribution in [0.2, 0.25) is 0 Å². The topological polar surface area (TPSA) is 51.2 Å².